The molecule has 3 atom stereocenters. The Balaban J connectivity index is 1.64. The van der Waals surface area contributed by atoms with Gasteiger partial charge in [0, 0.05) is 31.6 Å². The number of aliphatic hydroxyl groups excluding tert-OH is 1. The summed E-state index contributed by atoms with van der Waals surface area (Å²) in [5.74, 6) is 0.292. The zero-order valence-corrected chi connectivity index (χ0v) is 23.0. The van der Waals surface area contributed by atoms with Gasteiger partial charge in [-0.25, -0.2) is 4.79 Å². The fraction of sp³-hybridized carbons (Fsp3) is 0.355. The molecule has 0 radical (unpaired) electrons. The van der Waals surface area contributed by atoms with Crippen LogP contribution in [0.5, 0.6) is 5.75 Å². The molecule has 4 rings (SSSR count). The summed E-state index contributed by atoms with van der Waals surface area (Å²) in [4.78, 5) is 30.3. The zero-order valence-electron chi connectivity index (χ0n) is 23.0. The molecule has 8 heteroatoms. The van der Waals surface area contributed by atoms with Gasteiger partial charge in [-0.15, -0.1) is 0 Å². The van der Waals surface area contributed by atoms with Crippen LogP contribution in [0.4, 0.5) is 10.5 Å². The van der Waals surface area contributed by atoms with Crippen LogP contribution in [0.25, 0.3) is 11.1 Å². The van der Waals surface area contributed by atoms with Gasteiger partial charge in [-0.2, -0.15) is 0 Å². The number of hydrogen-bond donors (Lipinski definition) is 2. The first-order valence-electron chi connectivity index (χ1n) is 13.2. The predicted molar refractivity (Wildman–Crippen MR) is 152 cm³/mol. The number of urea groups is 1. The monoisotopic (exact) mass is 531 g/mol. The van der Waals surface area contributed by atoms with E-state index in [1.165, 1.54) is 0 Å². The molecule has 0 fully saturated rings. The number of anilines is 1. The van der Waals surface area contributed by atoms with E-state index in [-0.39, 0.29) is 30.6 Å². The van der Waals surface area contributed by atoms with Crippen LogP contribution in [-0.4, -0.2) is 72.8 Å². The van der Waals surface area contributed by atoms with E-state index in [1.807, 2.05) is 74.5 Å². The first kappa shape index (κ1) is 28.1. The van der Waals surface area contributed by atoms with E-state index < -0.39 is 6.04 Å². The Hall–Kier alpha value is -3.88. The number of amides is 3. The van der Waals surface area contributed by atoms with Gasteiger partial charge in [0.25, 0.3) is 5.91 Å². The molecule has 3 aromatic carbocycles. The van der Waals surface area contributed by atoms with Gasteiger partial charge in [-0.05, 0) is 41.8 Å². The third-order valence-electron chi connectivity index (χ3n) is 7.24. The summed E-state index contributed by atoms with van der Waals surface area (Å²) in [7, 11) is 3.28. The largest absolute Gasteiger partial charge is 0.495 e. The number of nitrogens with zero attached hydrogens (tertiary/aromatic N) is 2. The van der Waals surface area contributed by atoms with Crippen molar-refractivity contribution in [3.8, 4) is 16.9 Å². The molecule has 1 heterocycles. The summed E-state index contributed by atoms with van der Waals surface area (Å²) < 4.78 is 11.9. The lowest BCUT2D eigenvalue weighted by molar-refractivity contribution is -0.0178. The van der Waals surface area contributed by atoms with E-state index in [1.54, 1.807) is 36.1 Å². The summed E-state index contributed by atoms with van der Waals surface area (Å²) in [6, 6.07) is 22.0. The number of rotatable bonds is 6. The highest BCUT2D eigenvalue weighted by atomic mass is 16.5. The molecule has 0 saturated carbocycles. The van der Waals surface area contributed by atoms with Crippen molar-refractivity contribution in [1.29, 1.82) is 0 Å². The highest BCUT2D eigenvalue weighted by Gasteiger charge is 2.31. The topological polar surface area (TPSA) is 91.3 Å². The third-order valence-corrected chi connectivity index (χ3v) is 7.24. The first-order valence-corrected chi connectivity index (χ1v) is 13.2. The Labute approximate surface area is 230 Å². The highest BCUT2D eigenvalue weighted by molar-refractivity contribution is 6.01. The smallest absolute Gasteiger partial charge is 0.321 e. The van der Waals surface area contributed by atoms with Crippen molar-refractivity contribution in [3.63, 3.8) is 0 Å². The number of hydrogen-bond acceptors (Lipinski definition) is 5. The summed E-state index contributed by atoms with van der Waals surface area (Å²) in [5.41, 5.74) is 3.88. The van der Waals surface area contributed by atoms with E-state index in [4.69, 9.17) is 9.47 Å². The fourth-order valence-corrected chi connectivity index (χ4v) is 4.86. The van der Waals surface area contributed by atoms with Crippen molar-refractivity contribution in [2.75, 3.05) is 39.2 Å². The molecule has 0 spiro atoms. The summed E-state index contributed by atoms with van der Waals surface area (Å²) in [5, 5.41) is 12.9. The molecule has 3 aromatic rings. The van der Waals surface area contributed by atoms with Gasteiger partial charge in [0.2, 0.25) is 0 Å². The van der Waals surface area contributed by atoms with Gasteiger partial charge in [-0.1, -0.05) is 61.5 Å². The minimum atomic E-state index is -0.392. The maximum Gasteiger partial charge on any atom is 0.321 e. The Morgan fingerprint density at radius 1 is 1.08 bits per heavy atom. The number of aliphatic hydroxyl groups is 1. The zero-order chi connectivity index (χ0) is 27.9. The van der Waals surface area contributed by atoms with Gasteiger partial charge in [-0.3, -0.25) is 4.79 Å². The lowest BCUT2D eigenvalue weighted by Crippen LogP contribution is -2.48. The fourth-order valence-electron chi connectivity index (χ4n) is 4.86. The molecule has 0 bridgehead atoms. The van der Waals surface area contributed by atoms with E-state index in [0.717, 1.165) is 16.7 Å². The second kappa shape index (κ2) is 12.8. The van der Waals surface area contributed by atoms with Crippen LogP contribution in [0.1, 0.15) is 29.8 Å². The lowest BCUT2D eigenvalue weighted by atomic mass is 9.94. The predicted octanol–water partition coefficient (Wildman–Crippen LogP) is 4.88. The number of nitrogens with one attached hydrogen (secondary N) is 1. The van der Waals surface area contributed by atoms with Crippen LogP contribution in [0.3, 0.4) is 0 Å². The summed E-state index contributed by atoms with van der Waals surface area (Å²) in [6.45, 7) is 4.67. The van der Waals surface area contributed by atoms with Crippen molar-refractivity contribution in [2.45, 2.75) is 32.6 Å². The van der Waals surface area contributed by atoms with Crippen LogP contribution < -0.4 is 10.1 Å². The van der Waals surface area contributed by atoms with Gasteiger partial charge in [0.05, 0.1) is 38.2 Å². The van der Waals surface area contributed by atoms with E-state index in [2.05, 4.69) is 5.32 Å². The Morgan fingerprint density at radius 3 is 2.44 bits per heavy atom. The quantitative estimate of drug-likeness (QED) is 0.473. The average Bonchev–Trinajstić information content (AvgIpc) is 2.98. The number of carbonyl (C=O) groups excluding carboxylic acids is 2. The standard InChI is InChI=1S/C31H37N3O5/c1-21-17-34(22(2)19-35)30(36)26-14-8-7-13-25(26)24-12-6-5-11-23(24)20-39-29(21)18-33(3)31(37)32-27-15-9-10-16-28(27)38-4/h5-16,21-22,29,35H,17-20H2,1-4H3,(H,32,37)/t21-,22-,29-/m1/s1. The van der Waals surface area contributed by atoms with Gasteiger partial charge in [0.1, 0.15) is 5.75 Å². The maximum atomic E-state index is 13.9. The van der Waals surface area contributed by atoms with Crippen LogP contribution in [0.2, 0.25) is 0 Å². The second-order valence-electron chi connectivity index (χ2n) is 10.0. The molecular weight excluding hydrogens is 494 g/mol. The van der Waals surface area contributed by atoms with E-state index >= 15 is 0 Å². The molecule has 8 nitrogen and oxygen atoms in total. The third kappa shape index (κ3) is 6.41. The number of para-hydroxylation sites is 2. The first-order chi connectivity index (χ1) is 18.8. The van der Waals surface area contributed by atoms with Crippen molar-refractivity contribution < 1.29 is 24.2 Å². The molecule has 206 valence electrons. The van der Waals surface area contributed by atoms with Crippen molar-refractivity contribution in [3.05, 3.63) is 83.9 Å². The lowest BCUT2D eigenvalue weighted by Gasteiger charge is -2.35. The van der Waals surface area contributed by atoms with Crippen LogP contribution >= 0.6 is 0 Å². The molecule has 2 N–H and O–H groups in total. The maximum absolute atomic E-state index is 13.9. The Kier molecular flexibility index (Phi) is 9.22. The van der Waals surface area contributed by atoms with E-state index in [9.17, 15) is 14.7 Å². The number of carbonyl (C=O) groups is 2. The Morgan fingerprint density at radius 2 is 1.72 bits per heavy atom. The molecule has 1 aliphatic heterocycles. The number of fused-ring (bicyclic) bond motifs is 3. The average molecular weight is 532 g/mol. The van der Waals surface area contributed by atoms with E-state index in [0.29, 0.717) is 36.7 Å². The molecule has 0 aliphatic carbocycles. The molecule has 1 aliphatic rings. The minimum Gasteiger partial charge on any atom is -0.495 e. The highest BCUT2D eigenvalue weighted by Crippen LogP contribution is 2.31. The number of benzene rings is 3. The number of likely N-dealkylation sites (N-methyl/N-ethyl adjacent to an activating group) is 1. The second-order valence-corrected chi connectivity index (χ2v) is 10.0. The van der Waals surface area contributed by atoms with Crippen molar-refractivity contribution in [1.82, 2.24) is 9.80 Å². The number of ether oxygens (including phenoxy) is 2. The molecule has 39 heavy (non-hydrogen) atoms. The number of methoxy groups -OCH3 is 1. The minimum absolute atomic E-state index is 0.137. The molecule has 0 unspecified atom stereocenters. The SMILES string of the molecule is COc1ccccc1NC(=O)N(C)C[C@H]1OCc2ccccc2-c2ccccc2C(=O)N([C@H](C)CO)C[C@H]1C. The van der Waals surface area contributed by atoms with Crippen LogP contribution in [-0.2, 0) is 11.3 Å². The van der Waals surface area contributed by atoms with Crippen LogP contribution in [0, 0.1) is 5.92 Å². The molecule has 3 amide bonds. The normalized spacial score (nSPS) is 18.3. The molecule has 0 saturated heterocycles. The van der Waals surface area contributed by atoms with Gasteiger partial charge in [0.15, 0.2) is 0 Å². The van der Waals surface area contributed by atoms with Crippen molar-refractivity contribution in [2.24, 2.45) is 5.92 Å². The summed E-state index contributed by atoms with van der Waals surface area (Å²) >= 11 is 0. The summed E-state index contributed by atoms with van der Waals surface area (Å²) in [6.07, 6.45) is -0.381. The van der Waals surface area contributed by atoms with Crippen molar-refractivity contribution >= 4 is 17.6 Å². The van der Waals surface area contributed by atoms with Crippen LogP contribution in [0.15, 0.2) is 72.8 Å². The molecular formula is C31H37N3O5. The van der Waals surface area contributed by atoms with Gasteiger partial charge >= 0.3 is 6.03 Å². The molecule has 0 aromatic heterocycles. The van der Waals surface area contributed by atoms with Gasteiger partial charge < -0.3 is 29.7 Å². The Bertz CT molecular complexity index is 1300.